The van der Waals surface area contributed by atoms with Gasteiger partial charge in [0, 0.05) is 11.9 Å². The third kappa shape index (κ3) is 3.69. The van der Waals surface area contributed by atoms with E-state index in [1.165, 1.54) is 5.56 Å². The Balaban J connectivity index is 2.46. The molecule has 0 saturated carbocycles. The first kappa shape index (κ1) is 10.4. The SMILES string of the molecule is CCc1[c]c(OCCCCl)ccc1. The fourth-order valence-electron chi connectivity index (χ4n) is 1.02. The average molecular weight is 198 g/mol. The highest BCUT2D eigenvalue weighted by atomic mass is 35.5. The van der Waals surface area contributed by atoms with Gasteiger partial charge in [-0.25, -0.2) is 0 Å². The van der Waals surface area contributed by atoms with Crippen LogP contribution in [-0.4, -0.2) is 12.5 Å². The number of hydrogen-bond donors (Lipinski definition) is 0. The van der Waals surface area contributed by atoms with Crippen LogP contribution in [0.3, 0.4) is 0 Å². The highest BCUT2D eigenvalue weighted by Gasteiger charge is 1.95. The molecule has 0 bridgehead atoms. The maximum Gasteiger partial charge on any atom is 0.127 e. The van der Waals surface area contributed by atoms with Gasteiger partial charge >= 0.3 is 0 Å². The molecule has 1 nitrogen and oxygen atoms in total. The highest BCUT2D eigenvalue weighted by Crippen LogP contribution is 2.12. The van der Waals surface area contributed by atoms with Crippen molar-refractivity contribution >= 4 is 11.6 Å². The largest absolute Gasteiger partial charge is 0.493 e. The maximum absolute atomic E-state index is 5.54. The van der Waals surface area contributed by atoms with Crippen molar-refractivity contribution in [1.29, 1.82) is 0 Å². The zero-order valence-corrected chi connectivity index (χ0v) is 8.60. The molecule has 0 aromatic heterocycles. The standard InChI is InChI=1S/C11H14ClO/c1-2-10-5-3-6-11(9-10)13-8-4-7-12/h3,5-6H,2,4,7-8H2,1H3. The molecule has 1 aromatic carbocycles. The molecule has 1 radical (unpaired) electrons. The molecule has 0 N–H and O–H groups in total. The van der Waals surface area contributed by atoms with Gasteiger partial charge in [0.1, 0.15) is 5.75 Å². The van der Waals surface area contributed by atoms with Gasteiger partial charge in [-0.2, -0.15) is 0 Å². The van der Waals surface area contributed by atoms with Crippen molar-refractivity contribution in [2.75, 3.05) is 12.5 Å². The fraction of sp³-hybridized carbons (Fsp3) is 0.455. The summed E-state index contributed by atoms with van der Waals surface area (Å²) in [5.41, 5.74) is 1.18. The Bertz CT molecular complexity index is 248. The molecule has 13 heavy (non-hydrogen) atoms. The molecular formula is C11H14ClO. The summed E-state index contributed by atoms with van der Waals surface area (Å²) in [6, 6.07) is 9.15. The van der Waals surface area contributed by atoms with Crippen LogP contribution >= 0.6 is 11.6 Å². The molecule has 0 heterocycles. The molecule has 0 atom stereocenters. The molecule has 1 rings (SSSR count). The van der Waals surface area contributed by atoms with Gasteiger partial charge in [0.05, 0.1) is 6.61 Å². The molecule has 0 unspecified atom stereocenters. The third-order valence-electron chi connectivity index (χ3n) is 1.75. The normalized spacial score (nSPS) is 10.0. The number of hydrogen-bond acceptors (Lipinski definition) is 1. The number of aryl methyl sites for hydroxylation is 1. The molecule has 0 spiro atoms. The quantitative estimate of drug-likeness (QED) is 0.521. The lowest BCUT2D eigenvalue weighted by atomic mass is 10.2. The zero-order chi connectivity index (χ0) is 9.52. The van der Waals surface area contributed by atoms with Crippen LogP contribution in [-0.2, 0) is 6.42 Å². The van der Waals surface area contributed by atoms with Crippen molar-refractivity contribution in [3.63, 3.8) is 0 Å². The molecule has 0 saturated heterocycles. The van der Waals surface area contributed by atoms with Crippen LogP contribution in [0.5, 0.6) is 5.75 Å². The number of alkyl halides is 1. The average Bonchev–Trinajstić information content (AvgIpc) is 2.19. The Morgan fingerprint density at radius 3 is 3.00 bits per heavy atom. The van der Waals surface area contributed by atoms with Crippen LogP contribution < -0.4 is 4.74 Å². The fourth-order valence-corrected chi connectivity index (χ4v) is 1.13. The van der Waals surface area contributed by atoms with E-state index in [9.17, 15) is 0 Å². The van der Waals surface area contributed by atoms with Crippen LogP contribution in [0.2, 0.25) is 0 Å². The predicted octanol–water partition coefficient (Wildman–Crippen LogP) is 3.06. The van der Waals surface area contributed by atoms with E-state index in [0.717, 1.165) is 18.6 Å². The summed E-state index contributed by atoms with van der Waals surface area (Å²) in [4.78, 5) is 0. The highest BCUT2D eigenvalue weighted by molar-refractivity contribution is 6.17. The predicted molar refractivity (Wildman–Crippen MR) is 55.5 cm³/mol. The zero-order valence-electron chi connectivity index (χ0n) is 7.85. The minimum absolute atomic E-state index is 0.646. The summed E-state index contributed by atoms with van der Waals surface area (Å²) in [7, 11) is 0. The van der Waals surface area contributed by atoms with Crippen LogP contribution in [0.1, 0.15) is 18.9 Å². The van der Waals surface area contributed by atoms with E-state index >= 15 is 0 Å². The van der Waals surface area contributed by atoms with Crippen molar-refractivity contribution in [2.24, 2.45) is 0 Å². The van der Waals surface area contributed by atoms with Crippen molar-refractivity contribution in [3.05, 3.63) is 29.8 Å². The van der Waals surface area contributed by atoms with Gasteiger partial charge in [-0.3, -0.25) is 0 Å². The lowest BCUT2D eigenvalue weighted by Gasteiger charge is -2.05. The molecule has 0 fully saturated rings. The number of halogens is 1. The smallest absolute Gasteiger partial charge is 0.127 e. The van der Waals surface area contributed by atoms with Crippen molar-refractivity contribution < 1.29 is 4.74 Å². The second-order valence-corrected chi connectivity index (χ2v) is 3.16. The molecule has 1 aromatic rings. The van der Waals surface area contributed by atoms with Gasteiger partial charge in [-0.05, 0) is 24.5 Å². The third-order valence-corrected chi connectivity index (χ3v) is 2.01. The number of benzene rings is 1. The van der Waals surface area contributed by atoms with E-state index in [4.69, 9.17) is 16.3 Å². The van der Waals surface area contributed by atoms with Crippen LogP contribution in [0, 0.1) is 6.07 Å². The summed E-state index contributed by atoms with van der Waals surface area (Å²) in [6.07, 6.45) is 1.87. The summed E-state index contributed by atoms with van der Waals surface area (Å²) in [6.45, 7) is 2.78. The molecule has 2 heteroatoms. The van der Waals surface area contributed by atoms with Gasteiger partial charge < -0.3 is 4.74 Å². The van der Waals surface area contributed by atoms with Crippen molar-refractivity contribution in [2.45, 2.75) is 19.8 Å². The second kappa shape index (κ2) is 5.87. The van der Waals surface area contributed by atoms with Crippen LogP contribution in [0.25, 0.3) is 0 Å². The van der Waals surface area contributed by atoms with Gasteiger partial charge in [0.15, 0.2) is 0 Å². The summed E-state index contributed by atoms with van der Waals surface area (Å²) >= 11 is 5.54. The van der Waals surface area contributed by atoms with Crippen LogP contribution in [0.4, 0.5) is 0 Å². The van der Waals surface area contributed by atoms with Gasteiger partial charge in [-0.1, -0.05) is 19.1 Å². The first-order chi connectivity index (χ1) is 6.36. The second-order valence-electron chi connectivity index (χ2n) is 2.78. The minimum Gasteiger partial charge on any atom is -0.493 e. The Labute approximate surface area is 84.7 Å². The minimum atomic E-state index is 0.646. The topological polar surface area (TPSA) is 9.23 Å². The van der Waals surface area contributed by atoms with Crippen molar-refractivity contribution in [3.8, 4) is 5.75 Å². The Kier molecular flexibility index (Phi) is 4.69. The van der Waals surface area contributed by atoms with E-state index in [2.05, 4.69) is 19.1 Å². The molecule has 0 aliphatic rings. The molecule has 0 aliphatic heterocycles. The Morgan fingerprint density at radius 1 is 1.46 bits per heavy atom. The van der Waals surface area contributed by atoms with Crippen molar-refractivity contribution in [1.82, 2.24) is 0 Å². The molecular weight excluding hydrogens is 184 g/mol. The van der Waals surface area contributed by atoms with E-state index in [1.807, 2.05) is 12.1 Å². The monoisotopic (exact) mass is 197 g/mol. The summed E-state index contributed by atoms with van der Waals surface area (Å²) < 4.78 is 5.45. The Hall–Kier alpha value is -0.690. The molecule has 0 amide bonds. The van der Waals surface area contributed by atoms with E-state index in [0.29, 0.717) is 12.5 Å². The summed E-state index contributed by atoms with van der Waals surface area (Å²) in [5, 5.41) is 0. The lowest BCUT2D eigenvalue weighted by Crippen LogP contribution is -1.98. The maximum atomic E-state index is 5.54. The van der Waals surface area contributed by atoms with E-state index in [1.54, 1.807) is 0 Å². The Morgan fingerprint density at radius 2 is 2.31 bits per heavy atom. The molecule has 0 aliphatic carbocycles. The summed E-state index contributed by atoms with van der Waals surface area (Å²) in [5.74, 6) is 1.47. The lowest BCUT2D eigenvalue weighted by molar-refractivity contribution is 0.317. The number of rotatable bonds is 5. The van der Waals surface area contributed by atoms with Crippen LogP contribution in [0.15, 0.2) is 18.2 Å². The molecule has 71 valence electrons. The van der Waals surface area contributed by atoms with E-state index < -0.39 is 0 Å². The van der Waals surface area contributed by atoms with Gasteiger partial charge in [0.25, 0.3) is 0 Å². The van der Waals surface area contributed by atoms with Gasteiger partial charge in [0.2, 0.25) is 0 Å². The first-order valence-electron chi connectivity index (χ1n) is 4.56. The number of ether oxygens (including phenoxy) is 1. The van der Waals surface area contributed by atoms with E-state index in [-0.39, 0.29) is 0 Å². The van der Waals surface area contributed by atoms with Gasteiger partial charge in [-0.15, -0.1) is 11.6 Å². The first-order valence-corrected chi connectivity index (χ1v) is 5.10.